The highest BCUT2D eigenvalue weighted by Crippen LogP contribution is 2.29. The molecule has 0 aliphatic carbocycles. The van der Waals surface area contributed by atoms with Crippen molar-refractivity contribution >= 4 is 40.2 Å². The predicted octanol–water partition coefficient (Wildman–Crippen LogP) is 2.60. The van der Waals surface area contributed by atoms with Crippen LogP contribution in [-0.2, 0) is 0 Å². The van der Waals surface area contributed by atoms with Crippen LogP contribution in [0, 0.1) is 0 Å². The summed E-state index contributed by atoms with van der Waals surface area (Å²) >= 11 is 6.10. The van der Waals surface area contributed by atoms with E-state index in [1.54, 1.807) is 18.3 Å². The minimum absolute atomic E-state index is 0.00345. The number of rotatable bonds is 2. The predicted molar refractivity (Wildman–Crippen MR) is 68.7 cm³/mol. The smallest absolute Gasteiger partial charge is 0.321 e. The Hall–Kier alpha value is -2.34. The lowest BCUT2D eigenvalue weighted by atomic mass is 10.2. The van der Waals surface area contributed by atoms with E-state index in [4.69, 9.17) is 21.8 Å². The van der Waals surface area contributed by atoms with Crippen molar-refractivity contribution in [3.05, 3.63) is 35.5 Å². The van der Waals surface area contributed by atoms with E-state index in [0.29, 0.717) is 5.02 Å². The van der Waals surface area contributed by atoms with Gasteiger partial charge in [0, 0.05) is 11.6 Å². The molecule has 90 valence electrons. The fourth-order valence-electron chi connectivity index (χ4n) is 1.64. The van der Waals surface area contributed by atoms with Crippen LogP contribution in [0.5, 0.6) is 0 Å². The number of anilines is 3. The number of halogens is 1. The number of pyridine rings is 1. The number of benzene rings is 1. The fourth-order valence-corrected chi connectivity index (χ4v) is 1.85. The van der Waals surface area contributed by atoms with Gasteiger partial charge in [0.25, 0.3) is 0 Å². The second-order valence-corrected chi connectivity index (χ2v) is 3.97. The number of nitrogens with zero attached hydrogens (tertiary/aromatic N) is 3. The van der Waals surface area contributed by atoms with E-state index in [0.717, 1.165) is 16.6 Å². The van der Waals surface area contributed by atoms with Gasteiger partial charge in [0.15, 0.2) is 0 Å². The molecule has 0 amide bonds. The first-order valence-corrected chi connectivity index (χ1v) is 5.51. The van der Waals surface area contributed by atoms with Gasteiger partial charge in [-0.2, -0.15) is 0 Å². The Bertz CT molecular complexity index is 711. The molecular weight excluding hydrogens is 254 g/mol. The maximum Gasteiger partial charge on any atom is 0.321 e. The van der Waals surface area contributed by atoms with Crippen LogP contribution in [0.15, 0.2) is 34.9 Å². The van der Waals surface area contributed by atoms with Crippen molar-refractivity contribution in [2.75, 3.05) is 11.1 Å². The highest BCUT2D eigenvalue weighted by atomic mass is 35.5. The van der Waals surface area contributed by atoms with Crippen molar-refractivity contribution in [3.8, 4) is 0 Å². The van der Waals surface area contributed by atoms with Crippen molar-refractivity contribution < 1.29 is 4.42 Å². The van der Waals surface area contributed by atoms with Crippen molar-refractivity contribution in [2.45, 2.75) is 0 Å². The normalized spacial score (nSPS) is 10.7. The second kappa shape index (κ2) is 4.15. The quantitative estimate of drug-likeness (QED) is 0.737. The minimum atomic E-state index is 0.00345. The van der Waals surface area contributed by atoms with Crippen LogP contribution in [0.25, 0.3) is 10.9 Å². The molecule has 0 unspecified atom stereocenters. The topological polar surface area (TPSA) is 89.9 Å². The standard InChI is InChI=1S/C11H8ClN5O/c12-7-3-4-8(9-6(7)2-1-5-14-9)15-11-17-16-10(13)18-11/h1-5H,(H2,13,16)(H,15,17). The third-order valence-electron chi connectivity index (χ3n) is 2.40. The zero-order chi connectivity index (χ0) is 12.5. The van der Waals surface area contributed by atoms with Crippen LogP contribution in [0.1, 0.15) is 0 Å². The van der Waals surface area contributed by atoms with Crippen LogP contribution in [0.2, 0.25) is 5.02 Å². The molecule has 0 aliphatic heterocycles. The van der Waals surface area contributed by atoms with E-state index < -0.39 is 0 Å². The summed E-state index contributed by atoms with van der Waals surface area (Å²) in [5.41, 5.74) is 6.80. The van der Waals surface area contributed by atoms with Gasteiger partial charge in [-0.05, 0) is 24.3 Å². The van der Waals surface area contributed by atoms with Gasteiger partial charge in [0.05, 0.1) is 16.2 Å². The molecule has 2 aromatic heterocycles. The number of nitrogens with one attached hydrogen (secondary N) is 1. The van der Waals surface area contributed by atoms with Gasteiger partial charge < -0.3 is 15.5 Å². The first-order valence-electron chi connectivity index (χ1n) is 5.13. The number of hydrogen-bond acceptors (Lipinski definition) is 6. The van der Waals surface area contributed by atoms with Gasteiger partial charge in [-0.3, -0.25) is 4.98 Å². The van der Waals surface area contributed by atoms with Crippen LogP contribution >= 0.6 is 11.6 Å². The summed E-state index contributed by atoms with van der Waals surface area (Å²) in [6, 6.07) is 7.48. The first-order chi connectivity index (χ1) is 8.74. The molecule has 0 saturated carbocycles. The molecule has 0 saturated heterocycles. The van der Waals surface area contributed by atoms with Gasteiger partial charge in [-0.1, -0.05) is 21.8 Å². The molecule has 0 radical (unpaired) electrons. The summed E-state index contributed by atoms with van der Waals surface area (Å²) in [5.74, 6) is 0. The SMILES string of the molecule is Nc1nnc(Nc2ccc(Cl)c3cccnc23)o1. The zero-order valence-electron chi connectivity index (χ0n) is 9.09. The summed E-state index contributed by atoms with van der Waals surface area (Å²) in [4.78, 5) is 4.28. The largest absolute Gasteiger partial charge is 0.389 e. The monoisotopic (exact) mass is 261 g/mol. The average Bonchev–Trinajstić information content (AvgIpc) is 2.79. The van der Waals surface area contributed by atoms with E-state index in [1.165, 1.54) is 0 Å². The molecule has 0 spiro atoms. The summed E-state index contributed by atoms with van der Waals surface area (Å²) in [6.07, 6.45) is 1.69. The molecule has 0 aliphatic rings. The Morgan fingerprint density at radius 2 is 2.11 bits per heavy atom. The van der Waals surface area contributed by atoms with Crippen LogP contribution in [0.4, 0.5) is 17.7 Å². The lowest BCUT2D eigenvalue weighted by Gasteiger charge is -2.06. The highest BCUT2D eigenvalue weighted by Gasteiger charge is 2.08. The fraction of sp³-hybridized carbons (Fsp3) is 0. The van der Waals surface area contributed by atoms with Crippen LogP contribution in [-0.4, -0.2) is 15.2 Å². The molecule has 2 heterocycles. The number of nitrogens with two attached hydrogens (primary N) is 1. The Morgan fingerprint density at radius 1 is 1.22 bits per heavy atom. The Morgan fingerprint density at radius 3 is 2.89 bits per heavy atom. The van der Waals surface area contributed by atoms with Crippen LogP contribution < -0.4 is 11.1 Å². The van der Waals surface area contributed by atoms with Crippen molar-refractivity contribution in [1.82, 2.24) is 15.2 Å². The Balaban J connectivity index is 2.09. The van der Waals surface area contributed by atoms with Gasteiger partial charge >= 0.3 is 12.0 Å². The van der Waals surface area contributed by atoms with Crippen molar-refractivity contribution in [1.29, 1.82) is 0 Å². The maximum atomic E-state index is 6.10. The molecular formula is C11H8ClN5O. The lowest BCUT2D eigenvalue weighted by Crippen LogP contribution is -1.93. The molecule has 18 heavy (non-hydrogen) atoms. The van der Waals surface area contributed by atoms with Gasteiger partial charge in [0.2, 0.25) is 0 Å². The third kappa shape index (κ3) is 1.82. The minimum Gasteiger partial charge on any atom is -0.389 e. The summed E-state index contributed by atoms with van der Waals surface area (Å²) in [6.45, 7) is 0. The summed E-state index contributed by atoms with van der Waals surface area (Å²) in [5, 5.41) is 11.7. The molecule has 7 heteroatoms. The molecule has 6 nitrogen and oxygen atoms in total. The van der Waals surface area contributed by atoms with E-state index in [9.17, 15) is 0 Å². The van der Waals surface area contributed by atoms with E-state index >= 15 is 0 Å². The summed E-state index contributed by atoms with van der Waals surface area (Å²) < 4.78 is 5.05. The van der Waals surface area contributed by atoms with E-state index in [1.807, 2.05) is 12.1 Å². The maximum absolute atomic E-state index is 6.10. The number of aromatic nitrogens is 3. The highest BCUT2D eigenvalue weighted by molar-refractivity contribution is 6.35. The van der Waals surface area contributed by atoms with Gasteiger partial charge in [0.1, 0.15) is 0 Å². The van der Waals surface area contributed by atoms with Gasteiger partial charge in [-0.25, -0.2) is 0 Å². The third-order valence-corrected chi connectivity index (χ3v) is 2.73. The van der Waals surface area contributed by atoms with Gasteiger partial charge in [-0.15, -0.1) is 0 Å². The average molecular weight is 262 g/mol. The number of nitrogen functional groups attached to an aromatic ring is 1. The first kappa shape index (κ1) is 10.8. The number of fused-ring (bicyclic) bond motifs is 1. The van der Waals surface area contributed by atoms with E-state index in [2.05, 4.69) is 20.5 Å². The second-order valence-electron chi connectivity index (χ2n) is 3.56. The molecule has 0 fully saturated rings. The van der Waals surface area contributed by atoms with Crippen LogP contribution in [0.3, 0.4) is 0 Å². The van der Waals surface area contributed by atoms with Crippen molar-refractivity contribution in [2.24, 2.45) is 0 Å². The Labute approximate surface area is 107 Å². The number of hydrogen-bond donors (Lipinski definition) is 2. The zero-order valence-corrected chi connectivity index (χ0v) is 9.85. The molecule has 0 bridgehead atoms. The summed E-state index contributed by atoms with van der Waals surface area (Å²) in [7, 11) is 0. The molecule has 3 rings (SSSR count). The lowest BCUT2D eigenvalue weighted by molar-refractivity contribution is 0.593. The molecule has 1 aromatic carbocycles. The van der Waals surface area contributed by atoms with Crippen molar-refractivity contribution in [3.63, 3.8) is 0 Å². The van der Waals surface area contributed by atoms with E-state index in [-0.39, 0.29) is 12.0 Å². The Kier molecular flexibility index (Phi) is 2.49. The molecule has 3 N–H and O–H groups in total. The molecule has 0 atom stereocenters. The molecule has 3 aromatic rings.